The van der Waals surface area contributed by atoms with Gasteiger partial charge in [0.05, 0.1) is 42.5 Å². The fraction of sp³-hybridized carbons (Fsp3) is 0.333. The fourth-order valence-electron chi connectivity index (χ4n) is 4.74. The van der Waals surface area contributed by atoms with Crippen molar-refractivity contribution in [1.29, 1.82) is 0 Å². The first kappa shape index (κ1) is 28.8. The summed E-state index contributed by atoms with van der Waals surface area (Å²) in [6.07, 6.45) is 1.88. The molecule has 214 valence electrons. The van der Waals surface area contributed by atoms with Crippen LogP contribution in [0.2, 0.25) is 0 Å². The van der Waals surface area contributed by atoms with Crippen molar-refractivity contribution in [2.24, 2.45) is 0 Å². The van der Waals surface area contributed by atoms with Gasteiger partial charge in [0.2, 0.25) is 5.76 Å². The maximum atomic E-state index is 14.0. The molecule has 1 amide bonds. The van der Waals surface area contributed by atoms with E-state index >= 15 is 0 Å². The molecule has 2 aromatic heterocycles. The number of hydrogen-bond acceptors (Lipinski definition) is 9. The minimum atomic E-state index is -0.887. The molecule has 9 nitrogen and oxygen atoms in total. The van der Waals surface area contributed by atoms with E-state index in [2.05, 4.69) is 27.8 Å². The Hall–Kier alpha value is -3.70. The van der Waals surface area contributed by atoms with Crippen LogP contribution in [0.5, 0.6) is 11.5 Å². The van der Waals surface area contributed by atoms with Gasteiger partial charge in [-0.3, -0.25) is 14.5 Å². The Morgan fingerprint density at radius 3 is 2.61 bits per heavy atom. The van der Waals surface area contributed by atoms with Crippen LogP contribution in [0.4, 0.5) is 5.13 Å². The van der Waals surface area contributed by atoms with Crippen molar-refractivity contribution < 1.29 is 28.2 Å². The average Bonchev–Trinajstić information content (AvgIpc) is 3.47. The summed E-state index contributed by atoms with van der Waals surface area (Å²) in [6.45, 7) is 8.49. The highest BCUT2D eigenvalue weighted by Gasteiger charge is 2.45. The zero-order valence-electron chi connectivity index (χ0n) is 23.1. The SMILES string of the molecule is CCCCOc1ccc(C2c3c(oc4ccc(Br)cc4c3=O)C(=O)N2c2nc(C)c(C(=O)OCC)s2)cc1OCC. The van der Waals surface area contributed by atoms with Crippen LogP contribution in [0.3, 0.4) is 0 Å². The number of halogens is 1. The quantitative estimate of drug-likeness (QED) is 0.137. The highest BCUT2D eigenvalue weighted by atomic mass is 79.9. The number of hydrogen-bond donors (Lipinski definition) is 0. The van der Waals surface area contributed by atoms with Gasteiger partial charge in [-0.05, 0) is 63.1 Å². The van der Waals surface area contributed by atoms with E-state index < -0.39 is 17.9 Å². The van der Waals surface area contributed by atoms with Crippen LogP contribution in [-0.2, 0) is 4.74 Å². The predicted molar refractivity (Wildman–Crippen MR) is 160 cm³/mol. The number of carbonyl (C=O) groups is 2. The molecule has 41 heavy (non-hydrogen) atoms. The maximum absolute atomic E-state index is 14.0. The molecule has 1 aliphatic heterocycles. The summed E-state index contributed by atoms with van der Waals surface area (Å²) in [4.78, 5) is 46.8. The molecule has 1 aliphatic rings. The highest BCUT2D eigenvalue weighted by molar-refractivity contribution is 9.10. The van der Waals surface area contributed by atoms with Crippen molar-refractivity contribution in [2.75, 3.05) is 24.7 Å². The number of aromatic nitrogens is 1. The summed E-state index contributed by atoms with van der Waals surface area (Å²) in [6, 6.07) is 9.55. The summed E-state index contributed by atoms with van der Waals surface area (Å²) in [5.74, 6) is -0.0490. The van der Waals surface area contributed by atoms with Gasteiger partial charge in [-0.25, -0.2) is 9.78 Å². The second-order valence-corrected chi connectivity index (χ2v) is 11.3. The first-order valence-electron chi connectivity index (χ1n) is 13.4. The number of anilines is 1. The van der Waals surface area contributed by atoms with Crippen molar-refractivity contribution in [2.45, 2.75) is 46.6 Å². The molecule has 11 heteroatoms. The molecule has 0 fully saturated rings. The van der Waals surface area contributed by atoms with Gasteiger partial charge < -0.3 is 18.6 Å². The number of rotatable bonds is 10. The standard InChI is InChI=1S/C30H29BrN2O7S/c1-5-8-13-39-21-11-9-17(14-22(21)37-6-2)24-23-25(34)19-15-18(31)10-12-20(19)40-26(23)28(35)33(24)30-32-16(4)27(41-30)29(36)38-7-3/h9-12,14-15,24H,5-8,13H2,1-4H3. The summed E-state index contributed by atoms with van der Waals surface area (Å²) in [5, 5.41) is 0.586. The van der Waals surface area contributed by atoms with Crippen LogP contribution in [0, 0.1) is 6.92 Å². The number of benzene rings is 2. The molecule has 5 rings (SSSR count). The monoisotopic (exact) mass is 640 g/mol. The largest absolute Gasteiger partial charge is 0.490 e. The van der Waals surface area contributed by atoms with E-state index in [1.165, 1.54) is 4.90 Å². The second kappa shape index (κ2) is 12.0. The second-order valence-electron chi connectivity index (χ2n) is 9.36. The van der Waals surface area contributed by atoms with Gasteiger partial charge in [-0.2, -0.15) is 0 Å². The molecule has 0 aliphatic carbocycles. The Morgan fingerprint density at radius 1 is 1.07 bits per heavy atom. The number of nitrogens with zero attached hydrogens (tertiary/aromatic N) is 2. The molecule has 4 aromatic rings. The van der Waals surface area contributed by atoms with Crippen LogP contribution in [0.1, 0.15) is 76.7 Å². The molecule has 2 aromatic carbocycles. The Kier molecular flexibility index (Phi) is 8.46. The molecule has 0 saturated heterocycles. The highest BCUT2D eigenvalue weighted by Crippen LogP contribution is 2.45. The third-order valence-corrected chi connectivity index (χ3v) is 8.25. The first-order chi connectivity index (χ1) is 19.8. The zero-order valence-corrected chi connectivity index (χ0v) is 25.5. The van der Waals surface area contributed by atoms with Gasteiger partial charge in [-0.1, -0.05) is 46.7 Å². The number of ether oxygens (including phenoxy) is 3. The maximum Gasteiger partial charge on any atom is 0.350 e. The number of fused-ring (bicyclic) bond motifs is 2. The minimum Gasteiger partial charge on any atom is -0.490 e. The molecule has 0 radical (unpaired) electrons. The van der Waals surface area contributed by atoms with Crippen LogP contribution in [0.15, 0.2) is 50.1 Å². The number of thiazole rings is 1. The van der Waals surface area contributed by atoms with Gasteiger partial charge in [0.15, 0.2) is 22.1 Å². The molecule has 1 atom stereocenters. The van der Waals surface area contributed by atoms with Gasteiger partial charge in [-0.15, -0.1) is 0 Å². The Balaban J connectivity index is 1.71. The normalized spacial score (nSPS) is 14.4. The molecule has 1 unspecified atom stereocenters. The topological polar surface area (TPSA) is 108 Å². The number of amides is 1. The number of unbranched alkanes of at least 4 members (excludes halogenated alkanes) is 1. The summed E-state index contributed by atoms with van der Waals surface area (Å²) >= 11 is 4.46. The first-order valence-corrected chi connectivity index (χ1v) is 15.0. The van der Waals surface area contributed by atoms with Crippen LogP contribution < -0.4 is 19.8 Å². The van der Waals surface area contributed by atoms with Crippen LogP contribution in [-0.4, -0.2) is 36.7 Å². The molecule has 0 saturated carbocycles. The van der Waals surface area contributed by atoms with E-state index in [9.17, 15) is 14.4 Å². The number of esters is 1. The lowest BCUT2D eigenvalue weighted by molar-refractivity contribution is 0.0531. The van der Waals surface area contributed by atoms with E-state index in [-0.39, 0.29) is 33.4 Å². The number of aryl methyl sites for hydroxylation is 1. The Bertz CT molecular complexity index is 1700. The third-order valence-electron chi connectivity index (χ3n) is 6.62. The molecule has 0 spiro atoms. The lowest BCUT2D eigenvalue weighted by Crippen LogP contribution is -2.29. The Labute approximate surface area is 249 Å². The van der Waals surface area contributed by atoms with E-state index in [4.69, 9.17) is 18.6 Å². The molecule has 0 bridgehead atoms. The minimum absolute atomic E-state index is 0.0680. The summed E-state index contributed by atoms with van der Waals surface area (Å²) in [5.41, 5.74) is 1.18. The fourth-order valence-corrected chi connectivity index (χ4v) is 6.09. The third kappa shape index (κ3) is 5.36. The van der Waals surface area contributed by atoms with E-state index in [1.54, 1.807) is 50.2 Å². The average molecular weight is 642 g/mol. The van der Waals surface area contributed by atoms with Gasteiger partial charge in [0, 0.05) is 4.47 Å². The zero-order chi connectivity index (χ0) is 29.3. The number of carbonyl (C=O) groups excluding carboxylic acids is 2. The molecular formula is C30H29BrN2O7S. The van der Waals surface area contributed by atoms with Crippen molar-refractivity contribution in [3.05, 3.63) is 78.6 Å². The van der Waals surface area contributed by atoms with Gasteiger partial charge in [0.25, 0.3) is 5.91 Å². The van der Waals surface area contributed by atoms with Gasteiger partial charge >= 0.3 is 5.97 Å². The lowest BCUT2D eigenvalue weighted by Gasteiger charge is -2.23. The lowest BCUT2D eigenvalue weighted by atomic mass is 9.98. The van der Waals surface area contributed by atoms with Crippen molar-refractivity contribution >= 4 is 55.2 Å². The Morgan fingerprint density at radius 2 is 1.88 bits per heavy atom. The van der Waals surface area contributed by atoms with Crippen molar-refractivity contribution in [1.82, 2.24) is 4.98 Å². The summed E-state index contributed by atoms with van der Waals surface area (Å²) < 4.78 is 23.8. The van der Waals surface area contributed by atoms with Crippen LogP contribution >= 0.6 is 27.3 Å². The van der Waals surface area contributed by atoms with E-state index in [0.717, 1.165) is 24.2 Å². The molecule has 3 heterocycles. The molecular weight excluding hydrogens is 612 g/mol. The van der Waals surface area contributed by atoms with Gasteiger partial charge in [0.1, 0.15) is 10.5 Å². The smallest absolute Gasteiger partial charge is 0.350 e. The van der Waals surface area contributed by atoms with Crippen molar-refractivity contribution in [3.8, 4) is 11.5 Å². The molecule has 0 N–H and O–H groups in total. The summed E-state index contributed by atoms with van der Waals surface area (Å²) in [7, 11) is 0. The van der Waals surface area contributed by atoms with E-state index in [1.807, 2.05) is 6.92 Å². The van der Waals surface area contributed by atoms with E-state index in [0.29, 0.717) is 51.4 Å². The predicted octanol–water partition coefficient (Wildman–Crippen LogP) is 6.82. The van der Waals surface area contributed by atoms with Crippen LogP contribution in [0.25, 0.3) is 11.0 Å². The van der Waals surface area contributed by atoms with Crippen molar-refractivity contribution in [3.63, 3.8) is 0 Å².